The molecule has 106 valence electrons. The van der Waals surface area contributed by atoms with Gasteiger partial charge in [-0.05, 0) is 12.1 Å². The van der Waals surface area contributed by atoms with E-state index in [0.29, 0.717) is 11.7 Å². The molecule has 1 amide bonds. The Morgan fingerprint density at radius 1 is 1.50 bits per heavy atom. The van der Waals surface area contributed by atoms with E-state index in [9.17, 15) is 4.79 Å². The number of hydrogen-bond donors (Lipinski definition) is 0. The lowest BCUT2D eigenvalue weighted by molar-refractivity contribution is -0.134. The summed E-state index contributed by atoms with van der Waals surface area (Å²) in [5.41, 5.74) is 0.847. The molecule has 0 fully saturated rings. The molecule has 1 aromatic heterocycles. The number of halogens is 1. The summed E-state index contributed by atoms with van der Waals surface area (Å²) < 4.78 is 10.9. The zero-order valence-electron chi connectivity index (χ0n) is 11.2. The van der Waals surface area contributed by atoms with Gasteiger partial charge >= 0.3 is 0 Å². The molecule has 1 aromatic carbocycles. The molecule has 1 heterocycles. The Morgan fingerprint density at radius 3 is 3.00 bits per heavy atom. The highest BCUT2D eigenvalue weighted by Crippen LogP contribution is 2.20. The molecule has 0 saturated heterocycles. The highest BCUT2D eigenvalue weighted by molar-refractivity contribution is 9.10. The van der Waals surface area contributed by atoms with Gasteiger partial charge in [0, 0.05) is 24.2 Å². The number of methoxy groups -OCH3 is 1. The number of aromatic nitrogens is 2. The van der Waals surface area contributed by atoms with Gasteiger partial charge in [0.15, 0.2) is 0 Å². The normalized spacial score (nSPS) is 10.6. The summed E-state index contributed by atoms with van der Waals surface area (Å²) >= 11 is 3.39. The number of benzene rings is 1. The maximum atomic E-state index is 11.6. The fourth-order valence-corrected chi connectivity index (χ4v) is 1.99. The first kappa shape index (κ1) is 14.7. The lowest BCUT2D eigenvalue weighted by atomic mass is 10.2. The first-order valence-electron chi connectivity index (χ1n) is 5.91. The number of nitrogens with zero attached hydrogens (tertiary/aromatic N) is 3. The van der Waals surface area contributed by atoms with Crippen LogP contribution in [0.1, 0.15) is 5.89 Å². The molecule has 0 aliphatic heterocycles. The predicted molar refractivity (Wildman–Crippen MR) is 75.8 cm³/mol. The highest BCUT2D eigenvalue weighted by Gasteiger charge is 2.14. The molecule has 6 nitrogen and oxygen atoms in total. The maximum absolute atomic E-state index is 11.6. The van der Waals surface area contributed by atoms with Gasteiger partial charge in [0.25, 0.3) is 0 Å². The molecule has 2 aromatic rings. The Hall–Kier alpha value is -1.73. The Labute approximate surface area is 124 Å². The van der Waals surface area contributed by atoms with Crippen molar-refractivity contribution in [2.24, 2.45) is 0 Å². The van der Waals surface area contributed by atoms with E-state index in [-0.39, 0.29) is 19.1 Å². The molecule has 0 radical (unpaired) electrons. The van der Waals surface area contributed by atoms with Gasteiger partial charge in [-0.2, -0.15) is 4.98 Å². The summed E-state index contributed by atoms with van der Waals surface area (Å²) in [6, 6.07) is 7.60. The summed E-state index contributed by atoms with van der Waals surface area (Å²) in [4.78, 5) is 17.3. The van der Waals surface area contributed by atoms with E-state index in [1.54, 1.807) is 7.05 Å². The summed E-state index contributed by atoms with van der Waals surface area (Å²) in [7, 11) is 3.13. The molecule has 0 aliphatic carbocycles. The fourth-order valence-electron chi connectivity index (χ4n) is 1.59. The van der Waals surface area contributed by atoms with E-state index < -0.39 is 0 Å². The topological polar surface area (TPSA) is 68.5 Å². The van der Waals surface area contributed by atoms with Crippen LogP contribution in [0, 0.1) is 0 Å². The zero-order chi connectivity index (χ0) is 14.5. The molecule has 0 spiro atoms. The summed E-state index contributed by atoms with van der Waals surface area (Å²) in [6.45, 7) is 0.284. The molecule has 0 aliphatic rings. The van der Waals surface area contributed by atoms with Gasteiger partial charge in [-0.1, -0.05) is 33.2 Å². The van der Waals surface area contributed by atoms with Crippen LogP contribution < -0.4 is 0 Å². The van der Waals surface area contributed by atoms with Crippen LogP contribution in [0.25, 0.3) is 11.4 Å². The van der Waals surface area contributed by atoms with Crippen LogP contribution in [0.15, 0.2) is 33.3 Å². The van der Waals surface area contributed by atoms with Gasteiger partial charge in [0.2, 0.25) is 17.6 Å². The molecule has 2 rings (SSSR count). The quantitative estimate of drug-likeness (QED) is 0.834. The average Bonchev–Trinajstić information content (AvgIpc) is 2.87. The molecular formula is C13H14BrN3O3. The van der Waals surface area contributed by atoms with Gasteiger partial charge in [0.1, 0.15) is 6.61 Å². The van der Waals surface area contributed by atoms with E-state index in [2.05, 4.69) is 26.1 Å². The van der Waals surface area contributed by atoms with Crippen LogP contribution in [-0.4, -0.2) is 41.7 Å². The van der Waals surface area contributed by atoms with Crippen molar-refractivity contribution >= 4 is 21.8 Å². The number of hydrogen-bond acceptors (Lipinski definition) is 5. The smallest absolute Gasteiger partial charge is 0.248 e. The van der Waals surface area contributed by atoms with Crippen molar-refractivity contribution in [3.8, 4) is 11.4 Å². The number of carbonyl (C=O) groups is 1. The second-order valence-electron chi connectivity index (χ2n) is 4.20. The van der Waals surface area contributed by atoms with Crippen molar-refractivity contribution in [1.82, 2.24) is 15.0 Å². The number of likely N-dealkylation sites (N-methyl/N-ethyl adjacent to an activating group) is 1. The Balaban J connectivity index is 2.08. The van der Waals surface area contributed by atoms with E-state index in [0.717, 1.165) is 10.0 Å². The lowest BCUT2D eigenvalue weighted by Crippen LogP contribution is -2.29. The predicted octanol–water partition coefficient (Wildman–Crippen LogP) is 2.10. The van der Waals surface area contributed by atoms with Crippen LogP contribution in [0.3, 0.4) is 0 Å². The van der Waals surface area contributed by atoms with E-state index >= 15 is 0 Å². The largest absolute Gasteiger partial charge is 0.375 e. The van der Waals surface area contributed by atoms with Crippen LogP contribution in [0.4, 0.5) is 0 Å². The van der Waals surface area contributed by atoms with E-state index in [4.69, 9.17) is 9.26 Å². The fraction of sp³-hybridized carbons (Fsp3) is 0.308. The van der Waals surface area contributed by atoms with Crippen LogP contribution in [0.2, 0.25) is 0 Å². The number of amides is 1. The average molecular weight is 340 g/mol. The third kappa shape index (κ3) is 3.64. The monoisotopic (exact) mass is 339 g/mol. The minimum atomic E-state index is -0.144. The van der Waals surface area contributed by atoms with Gasteiger partial charge in [0.05, 0.1) is 6.54 Å². The van der Waals surface area contributed by atoms with Gasteiger partial charge < -0.3 is 14.2 Å². The highest BCUT2D eigenvalue weighted by atomic mass is 79.9. The lowest BCUT2D eigenvalue weighted by Gasteiger charge is -2.13. The number of ether oxygens (including phenoxy) is 1. The molecule has 20 heavy (non-hydrogen) atoms. The van der Waals surface area contributed by atoms with Crippen molar-refractivity contribution in [1.29, 1.82) is 0 Å². The second-order valence-corrected chi connectivity index (χ2v) is 5.12. The first-order valence-corrected chi connectivity index (χ1v) is 6.71. The van der Waals surface area contributed by atoms with E-state index in [1.807, 2.05) is 24.3 Å². The molecule has 0 N–H and O–H groups in total. The summed E-state index contributed by atoms with van der Waals surface area (Å²) in [5, 5.41) is 3.91. The third-order valence-corrected chi connectivity index (χ3v) is 3.11. The zero-order valence-corrected chi connectivity index (χ0v) is 12.8. The van der Waals surface area contributed by atoms with Crippen molar-refractivity contribution in [3.05, 3.63) is 34.6 Å². The van der Waals surface area contributed by atoms with Gasteiger partial charge in [-0.25, -0.2) is 0 Å². The first-order chi connectivity index (χ1) is 9.60. The minimum absolute atomic E-state index is 0.0309. The third-order valence-electron chi connectivity index (χ3n) is 2.62. The minimum Gasteiger partial charge on any atom is -0.375 e. The van der Waals surface area contributed by atoms with Crippen LogP contribution >= 0.6 is 15.9 Å². The van der Waals surface area contributed by atoms with Gasteiger partial charge in [-0.15, -0.1) is 0 Å². The van der Waals surface area contributed by atoms with Crippen molar-refractivity contribution in [3.63, 3.8) is 0 Å². The van der Waals surface area contributed by atoms with E-state index in [1.165, 1.54) is 12.0 Å². The summed E-state index contributed by atoms with van der Waals surface area (Å²) in [6.07, 6.45) is 0. The maximum Gasteiger partial charge on any atom is 0.248 e. The molecule has 0 bridgehead atoms. The molecule has 0 unspecified atom stereocenters. The van der Waals surface area contributed by atoms with Crippen LogP contribution in [-0.2, 0) is 16.1 Å². The van der Waals surface area contributed by atoms with Crippen molar-refractivity contribution in [2.45, 2.75) is 6.54 Å². The van der Waals surface area contributed by atoms with Gasteiger partial charge in [-0.3, -0.25) is 4.79 Å². The van der Waals surface area contributed by atoms with Crippen molar-refractivity contribution < 1.29 is 14.1 Å². The molecule has 0 saturated carbocycles. The molecule has 0 atom stereocenters. The number of carbonyl (C=O) groups excluding carboxylic acids is 1. The summed E-state index contributed by atoms with van der Waals surface area (Å²) in [5.74, 6) is 0.732. The molecule has 7 heteroatoms. The number of rotatable bonds is 5. The Kier molecular flexibility index (Phi) is 4.86. The Bertz CT molecular complexity index is 600. The van der Waals surface area contributed by atoms with Crippen molar-refractivity contribution in [2.75, 3.05) is 20.8 Å². The van der Waals surface area contributed by atoms with Crippen LogP contribution in [0.5, 0.6) is 0 Å². The standard InChI is InChI=1S/C13H14BrN3O3/c1-17(12(18)8-19-2)7-11-15-13(16-20-11)9-4-3-5-10(14)6-9/h3-6H,7-8H2,1-2H3. The Morgan fingerprint density at radius 2 is 2.30 bits per heavy atom. The molecular weight excluding hydrogens is 326 g/mol. The second kappa shape index (κ2) is 6.62. The SMILES string of the molecule is COCC(=O)N(C)Cc1nc(-c2cccc(Br)c2)no1.